The second kappa shape index (κ2) is 5.01. The average Bonchev–Trinajstić information content (AvgIpc) is 2.84. The smallest absolute Gasteiger partial charge is 0.317 e. The van der Waals surface area contributed by atoms with Gasteiger partial charge in [-0.05, 0) is 32.2 Å². The van der Waals surface area contributed by atoms with Gasteiger partial charge < -0.3 is 5.32 Å². The van der Waals surface area contributed by atoms with Crippen LogP contribution in [-0.2, 0) is 0 Å². The lowest BCUT2D eigenvalue weighted by Crippen LogP contribution is -2.26. The van der Waals surface area contributed by atoms with E-state index >= 15 is 0 Å². The first kappa shape index (κ1) is 11.8. The fraction of sp³-hybridized carbons (Fsp3) is 1.00. The maximum atomic E-state index is 11.9. The van der Waals surface area contributed by atoms with E-state index < -0.39 is 12.6 Å². The number of halogens is 3. The van der Waals surface area contributed by atoms with Crippen molar-refractivity contribution in [1.29, 1.82) is 0 Å². The normalized spacial score (nSPS) is 19.7. The van der Waals surface area contributed by atoms with Gasteiger partial charge in [0, 0.05) is 12.5 Å². The SMILES string of the molecule is CNC(CCCC(F)(F)F)CC1CC1. The number of alkyl halides is 3. The van der Waals surface area contributed by atoms with Crippen LogP contribution in [0, 0.1) is 5.92 Å². The van der Waals surface area contributed by atoms with Crippen LogP contribution in [0.15, 0.2) is 0 Å². The summed E-state index contributed by atoms with van der Waals surface area (Å²) in [6.45, 7) is 0. The van der Waals surface area contributed by atoms with Crippen molar-refractivity contribution in [3.8, 4) is 0 Å². The van der Waals surface area contributed by atoms with Crippen molar-refractivity contribution in [2.75, 3.05) is 7.05 Å². The first-order valence-electron chi connectivity index (χ1n) is 5.25. The number of rotatable bonds is 6. The molecule has 1 rings (SSSR count). The number of nitrogens with one attached hydrogen (secondary N) is 1. The summed E-state index contributed by atoms with van der Waals surface area (Å²) >= 11 is 0. The Balaban J connectivity index is 2.07. The summed E-state index contributed by atoms with van der Waals surface area (Å²) in [6.07, 6.45) is -0.161. The van der Waals surface area contributed by atoms with Crippen LogP contribution in [0.3, 0.4) is 0 Å². The molecule has 0 spiro atoms. The van der Waals surface area contributed by atoms with Gasteiger partial charge in [0.1, 0.15) is 0 Å². The molecule has 0 aliphatic heterocycles. The molecule has 1 fully saturated rings. The molecule has 0 aromatic carbocycles. The Morgan fingerprint density at radius 1 is 1.36 bits per heavy atom. The summed E-state index contributed by atoms with van der Waals surface area (Å²) in [5.41, 5.74) is 0. The van der Waals surface area contributed by atoms with Gasteiger partial charge in [-0.15, -0.1) is 0 Å². The van der Waals surface area contributed by atoms with Crippen molar-refractivity contribution < 1.29 is 13.2 Å². The lowest BCUT2D eigenvalue weighted by atomic mass is 10.0. The van der Waals surface area contributed by atoms with Gasteiger partial charge in [0.05, 0.1) is 0 Å². The highest BCUT2D eigenvalue weighted by atomic mass is 19.4. The number of hydrogen-bond donors (Lipinski definition) is 1. The predicted octanol–water partition coefficient (Wildman–Crippen LogP) is 3.11. The van der Waals surface area contributed by atoms with E-state index in [2.05, 4.69) is 5.32 Å². The second-order valence-electron chi connectivity index (χ2n) is 4.17. The quantitative estimate of drug-likeness (QED) is 0.708. The highest BCUT2D eigenvalue weighted by molar-refractivity contribution is 4.79. The molecular formula is C10H18F3N. The van der Waals surface area contributed by atoms with Crippen molar-refractivity contribution in [2.45, 2.75) is 50.7 Å². The van der Waals surface area contributed by atoms with Crippen LogP contribution in [0.1, 0.15) is 38.5 Å². The summed E-state index contributed by atoms with van der Waals surface area (Å²) in [7, 11) is 1.83. The van der Waals surface area contributed by atoms with Gasteiger partial charge in [0.25, 0.3) is 0 Å². The molecule has 0 aromatic rings. The van der Waals surface area contributed by atoms with E-state index in [4.69, 9.17) is 0 Å². The van der Waals surface area contributed by atoms with Crippen molar-refractivity contribution in [3.05, 3.63) is 0 Å². The maximum absolute atomic E-state index is 11.9. The molecule has 1 saturated carbocycles. The Morgan fingerprint density at radius 3 is 2.43 bits per heavy atom. The summed E-state index contributed by atoms with van der Waals surface area (Å²) in [5.74, 6) is 0.776. The molecule has 1 unspecified atom stereocenters. The van der Waals surface area contributed by atoms with Crippen molar-refractivity contribution >= 4 is 0 Å². The van der Waals surface area contributed by atoms with Crippen LogP contribution in [0.25, 0.3) is 0 Å². The van der Waals surface area contributed by atoms with E-state index in [1.807, 2.05) is 7.05 Å². The lowest BCUT2D eigenvalue weighted by molar-refractivity contribution is -0.135. The average molecular weight is 209 g/mol. The van der Waals surface area contributed by atoms with Gasteiger partial charge in [0.2, 0.25) is 0 Å². The molecule has 0 saturated heterocycles. The Hall–Kier alpha value is -0.250. The molecule has 1 nitrogen and oxygen atoms in total. The van der Waals surface area contributed by atoms with Crippen molar-refractivity contribution in [2.24, 2.45) is 5.92 Å². The van der Waals surface area contributed by atoms with Crippen LogP contribution >= 0.6 is 0 Å². The van der Waals surface area contributed by atoms with Gasteiger partial charge in [-0.2, -0.15) is 13.2 Å². The third-order valence-corrected chi connectivity index (χ3v) is 2.74. The Morgan fingerprint density at radius 2 is 2.00 bits per heavy atom. The van der Waals surface area contributed by atoms with Gasteiger partial charge >= 0.3 is 6.18 Å². The van der Waals surface area contributed by atoms with E-state index in [0.29, 0.717) is 6.42 Å². The molecule has 1 atom stereocenters. The predicted molar refractivity (Wildman–Crippen MR) is 50.1 cm³/mol. The first-order chi connectivity index (χ1) is 6.51. The molecule has 84 valence electrons. The third-order valence-electron chi connectivity index (χ3n) is 2.74. The molecule has 4 heteroatoms. The minimum Gasteiger partial charge on any atom is -0.317 e. The molecule has 1 aliphatic rings. The summed E-state index contributed by atoms with van der Waals surface area (Å²) in [5, 5.41) is 3.09. The number of hydrogen-bond acceptors (Lipinski definition) is 1. The van der Waals surface area contributed by atoms with Gasteiger partial charge in [-0.25, -0.2) is 0 Å². The third kappa shape index (κ3) is 5.47. The summed E-state index contributed by atoms with van der Waals surface area (Å²) < 4.78 is 35.6. The van der Waals surface area contributed by atoms with E-state index in [9.17, 15) is 13.2 Å². The van der Waals surface area contributed by atoms with Crippen LogP contribution in [-0.4, -0.2) is 19.3 Å². The maximum Gasteiger partial charge on any atom is 0.389 e. The molecular weight excluding hydrogens is 191 g/mol. The van der Waals surface area contributed by atoms with Crippen molar-refractivity contribution in [1.82, 2.24) is 5.32 Å². The fourth-order valence-electron chi connectivity index (χ4n) is 1.68. The fourth-order valence-corrected chi connectivity index (χ4v) is 1.68. The van der Waals surface area contributed by atoms with Crippen molar-refractivity contribution in [3.63, 3.8) is 0 Å². The zero-order chi connectivity index (χ0) is 10.6. The van der Waals surface area contributed by atoms with E-state index in [0.717, 1.165) is 12.3 Å². The van der Waals surface area contributed by atoms with Gasteiger partial charge in [-0.1, -0.05) is 12.8 Å². The van der Waals surface area contributed by atoms with E-state index in [-0.39, 0.29) is 12.5 Å². The molecule has 14 heavy (non-hydrogen) atoms. The van der Waals surface area contributed by atoms with Crippen LogP contribution in [0.4, 0.5) is 13.2 Å². The summed E-state index contributed by atoms with van der Waals surface area (Å²) in [4.78, 5) is 0. The van der Waals surface area contributed by atoms with E-state index in [1.54, 1.807) is 0 Å². The Labute approximate surface area is 83.1 Å². The minimum atomic E-state index is -3.99. The van der Waals surface area contributed by atoms with Crippen LogP contribution < -0.4 is 5.32 Å². The van der Waals surface area contributed by atoms with Gasteiger partial charge in [-0.3, -0.25) is 0 Å². The molecule has 0 heterocycles. The molecule has 1 N–H and O–H groups in total. The molecule has 0 bridgehead atoms. The Bertz CT molecular complexity index is 163. The zero-order valence-electron chi connectivity index (χ0n) is 8.53. The summed E-state index contributed by atoms with van der Waals surface area (Å²) in [6, 6.07) is 0.282. The highest BCUT2D eigenvalue weighted by Gasteiger charge is 2.28. The van der Waals surface area contributed by atoms with Crippen LogP contribution in [0.5, 0.6) is 0 Å². The first-order valence-corrected chi connectivity index (χ1v) is 5.25. The molecule has 0 radical (unpaired) electrons. The Kier molecular flexibility index (Phi) is 4.23. The second-order valence-corrected chi connectivity index (χ2v) is 4.17. The molecule has 1 aliphatic carbocycles. The minimum absolute atomic E-state index is 0.252. The largest absolute Gasteiger partial charge is 0.389 e. The standard InChI is InChI=1S/C10H18F3N/c1-14-9(7-8-4-5-8)3-2-6-10(11,12)13/h8-9,14H,2-7H2,1H3. The van der Waals surface area contributed by atoms with Gasteiger partial charge in [0.15, 0.2) is 0 Å². The van der Waals surface area contributed by atoms with Crippen LogP contribution in [0.2, 0.25) is 0 Å². The monoisotopic (exact) mass is 209 g/mol. The highest BCUT2D eigenvalue weighted by Crippen LogP contribution is 2.34. The molecule has 0 aromatic heterocycles. The molecule has 0 amide bonds. The topological polar surface area (TPSA) is 12.0 Å². The van der Waals surface area contributed by atoms with E-state index in [1.165, 1.54) is 12.8 Å². The lowest BCUT2D eigenvalue weighted by Gasteiger charge is -2.15. The zero-order valence-corrected chi connectivity index (χ0v) is 8.53.